The number of hydrogen-bond donors (Lipinski definition) is 2. The van der Waals surface area contributed by atoms with Gasteiger partial charge in [0.15, 0.2) is 17.2 Å². The Kier molecular flexibility index (Phi) is 5.91. The van der Waals surface area contributed by atoms with Gasteiger partial charge in [-0.05, 0) is 35.7 Å². The smallest absolute Gasteiger partial charge is 0.278 e. The van der Waals surface area contributed by atoms with E-state index in [1.54, 1.807) is 0 Å². The van der Waals surface area contributed by atoms with E-state index in [1.807, 2.05) is 0 Å². The molecule has 3 aromatic rings. The molecule has 2 aromatic carbocycles. The molecule has 0 radical (unpaired) electrons. The second-order valence-electron chi connectivity index (χ2n) is 7.54. The molecule has 0 atom stereocenters. The van der Waals surface area contributed by atoms with Gasteiger partial charge in [-0.25, -0.2) is 13.2 Å². The lowest BCUT2D eigenvalue weighted by molar-refractivity contribution is 0.0708. The Morgan fingerprint density at radius 2 is 1.73 bits per heavy atom. The number of aromatic nitrogens is 1. The molecule has 33 heavy (non-hydrogen) atoms. The molecule has 0 saturated carbocycles. The maximum atomic E-state index is 13.8. The lowest BCUT2D eigenvalue weighted by atomic mass is 10.0. The number of nitrogens with one attached hydrogen (secondary N) is 1. The minimum absolute atomic E-state index is 0.0000581. The van der Waals surface area contributed by atoms with Gasteiger partial charge in [0.25, 0.3) is 5.91 Å². The van der Waals surface area contributed by atoms with Crippen molar-refractivity contribution in [1.29, 1.82) is 0 Å². The van der Waals surface area contributed by atoms with Gasteiger partial charge in [0.05, 0.1) is 5.56 Å². The number of carbonyl (C=O) groups is 2. The normalized spacial score (nSPS) is 12.9. The van der Waals surface area contributed by atoms with Gasteiger partial charge in [-0.15, -0.1) is 0 Å². The molecule has 1 aromatic heterocycles. The average molecular weight is 457 g/mol. The number of pyridine rings is 1. The Morgan fingerprint density at radius 1 is 1.03 bits per heavy atom. The third kappa shape index (κ3) is 4.45. The van der Waals surface area contributed by atoms with Gasteiger partial charge >= 0.3 is 0 Å². The molecule has 0 fully saturated rings. The van der Waals surface area contributed by atoms with Crippen LogP contribution in [0.25, 0.3) is 0 Å². The van der Waals surface area contributed by atoms with Gasteiger partial charge in [-0.2, -0.15) is 0 Å². The summed E-state index contributed by atoms with van der Waals surface area (Å²) in [5.74, 6) is -4.19. The number of halogens is 3. The van der Waals surface area contributed by atoms with Gasteiger partial charge in [0.1, 0.15) is 24.1 Å². The Bertz CT molecular complexity index is 1310. The van der Waals surface area contributed by atoms with Crippen LogP contribution < -0.4 is 10.9 Å². The largest absolute Gasteiger partial charge is 0.502 e. The van der Waals surface area contributed by atoms with E-state index in [9.17, 15) is 32.7 Å². The first-order valence-corrected chi connectivity index (χ1v) is 9.98. The van der Waals surface area contributed by atoms with Crippen molar-refractivity contribution in [3.63, 3.8) is 0 Å². The van der Waals surface area contributed by atoms with Crippen LogP contribution in [0.4, 0.5) is 13.2 Å². The monoisotopic (exact) mass is 457 g/mol. The highest BCUT2D eigenvalue weighted by Gasteiger charge is 2.30. The van der Waals surface area contributed by atoms with Gasteiger partial charge in [-0.3, -0.25) is 19.1 Å². The minimum atomic E-state index is -1.02. The van der Waals surface area contributed by atoms with Crippen molar-refractivity contribution < 1.29 is 27.9 Å². The van der Waals surface area contributed by atoms with Gasteiger partial charge in [0.2, 0.25) is 5.43 Å². The number of benzene rings is 2. The highest BCUT2D eigenvalue weighted by Crippen LogP contribution is 2.21. The summed E-state index contributed by atoms with van der Waals surface area (Å²) in [4.78, 5) is 39.4. The van der Waals surface area contributed by atoms with Crippen LogP contribution in [0.3, 0.4) is 0 Å². The summed E-state index contributed by atoms with van der Waals surface area (Å²) in [5.41, 5.74) is 1.84. The predicted molar refractivity (Wildman–Crippen MR) is 112 cm³/mol. The molecule has 4 rings (SSSR count). The maximum absolute atomic E-state index is 13.8. The molecular weight excluding hydrogens is 439 g/mol. The van der Waals surface area contributed by atoms with Gasteiger partial charge in [0, 0.05) is 25.2 Å². The average Bonchev–Trinajstić information content (AvgIpc) is 2.78. The number of aryl methyl sites for hydroxylation is 1. The number of fused-ring (bicyclic) bond motifs is 1. The number of carbonyl (C=O) groups excluding carboxylic acids is 2. The third-order valence-corrected chi connectivity index (χ3v) is 5.33. The summed E-state index contributed by atoms with van der Waals surface area (Å²) < 4.78 is 41.0. The maximum Gasteiger partial charge on any atom is 0.278 e. The molecule has 1 aliphatic heterocycles. The van der Waals surface area contributed by atoms with Crippen LogP contribution in [-0.2, 0) is 13.0 Å². The Labute approximate surface area is 185 Å². The van der Waals surface area contributed by atoms with Crippen molar-refractivity contribution in [2.24, 2.45) is 0 Å². The van der Waals surface area contributed by atoms with E-state index >= 15 is 0 Å². The fraction of sp³-hybridized carbons (Fsp3) is 0.174. The summed E-state index contributed by atoms with van der Waals surface area (Å²) in [6.07, 6.45) is 0.778. The predicted octanol–water partition coefficient (Wildman–Crippen LogP) is 2.94. The highest BCUT2D eigenvalue weighted by atomic mass is 19.1. The number of amides is 1. The Hall–Kier alpha value is -4.08. The zero-order valence-electron chi connectivity index (χ0n) is 17.1. The zero-order valence-corrected chi connectivity index (χ0v) is 17.1. The minimum Gasteiger partial charge on any atom is -0.502 e. The van der Waals surface area contributed by atoms with Crippen LogP contribution in [0.1, 0.15) is 38.4 Å². The van der Waals surface area contributed by atoms with E-state index in [-0.39, 0.29) is 42.9 Å². The summed E-state index contributed by atoms with van der Waals surface area (Å²) in [6, 6.07) is 8.50. The topological polar surface area (TPSA) is 91.6 Å². The molecule has 0 unspecified atom stereocenters. The number of rotatable bonds is 6. The number of Topliss-reactive ketones (excluding diaryl/α,β-unsaturated/α-hetero) is 1. The molecule has 0 saturated heterocycles. The first-order chi connectivity index (χ1) is 15.7. The van der Waals surface area contributed by atoms with Crippen LogP contribution in [0.2, 0.25) is 0 Å². The standard InChI is InChI=1S/C23H18F3N3O4/c24-15-5-1-13(2-6-15)10-28-12-27-29-11-17(21(31)22(32)20(29)23(28)33)19(30)8-4-14-3-7-16(25)9-18(14)26/h1-3,5-7,9,11,27,32H,4,8,10,12H2. The first kappa shape index (κ1) is 22.1. The first-order valence-electron chi connectivity index (χ1n) is 9.98. The van der Waals surface area contributed by atoms with E-state index in [0.29, 0.717) is 11.6 Å². The van der Waals surface area contributed by atoms with Crippen LogP contribution in [-0.4, -0.2) is 33.0 Å². The molecule has 1 aliphatic rings. The molecule has 2 heterocycles. The van der Waals surface area contributed by atoms with E-state index in [1.165, 1.54) is 35.2 Å². The van der Waals surface area contributed by atoms with Crippen molar-refractivity contribution in [1.82, 2.24) is 9.58 Å². The molecule has 10 heteroatoms. The summed E-state index contributed by atoms with van der Waals surface area (Å²) in [5, 5.41) is 10.4. The number of ketones is 1. The Morgan fingerprint density at radius 3 is 2.42 bits per heavy atom. The molecule has 170 valence electrons. The van der Waals surface area contributed by atoms with Crippen molar-refractivity contribution in [3.8, 4) is 5.75 Å². The summed E-state index contributed by atoms with van der Waals surface area (Å²) in [7, 11) is 0. The van der Waals surface area contributed by atoms with Crippen LogP contribution >= 0.6 is 0 Å². The van der Waals surface area contributed by atoms with E-state index in [2.05, 4.69) is 5.43 Å². The van der Waals surface area contributed by atoms with Crippen molar-refractivity contribution in [3.05, 3.63) is 98.7 Å². The van der Waals surface area contributed by atoms with Gasteiger partial charge < -0.3 is 15.4 Å². The van der Waals surface area contributed by atoms with Crippen molar-refractivity contribution in [2.45, 2.75) is 19.4 Å². The summed E-state index contributed by atoms with van der Waals surface area (Å²) >= 11 is 0. The molecule has 1 amide bonds. The molecular formula is C23H18F3N3O4. The molecule has 2 N–H and O–H groups in total. The fourth-order valence-corrected chi connectivity index (χ4v) is 3.56. The van der Waals surface area contributed by atoms with E-state index < -0.39 is 40.3 Å². The lowest BCUT2D eigenvalue weighted by Crippen LogP contribution is -2.46. The molecule has 7 nitrogen and oxygen atoms in total. The second kappa shape index (κ2) is 8.81. The lowest BCUT2D eigenvalue weighted by Gasteiger charge is -2.31. The molecule has 0 bridgehead atoms. The van der Waals surface area contributed by atoms with Crippen molar-refractivity contribution >= 4 is 11.7 Å². The molecule has 0 aliphatic carbocycles. The van der Waals surface area contributed by atoms with Crippen molar-refractivity contribution in [2.75, 3.05) is 12.1 Å². The number of hydrogen-bond acceptors (Lipinski definition) is 5. The van der Waals surface area contributed by atoms with E-state index in [0.717, 1.165) is 16.9 Å². The number of nitrogens with zero attached hydrogens (tertiary/aromatic N) is 2. The highest BCUT2D eigenvalue weighted by molar-refractivity contribution is 6.00. The Balaban J connectivity index is 1.54. The van der Waals surface area contributed by atoms with Crippen LogP contribution in [0.15, 0.2) is 53.5 Å². The van der Waals surface area contributed by atoms with Gasteiger partial charge in [-0.1, -0.05) is 18.2 Å². The second-order valence-corrected chi connectivity index (χ2v) is 7.54. The van der Waals surface area contributed by atoms with E-state index in [4.69, 9.17) is 0 Å². The number of aromatic hydroxyl groups is 1. The summed E-state index contributed by atoms with van der Waals surface area (Å²) in [6.45, 7) is 0.101. The SMILES string of the molecule is O=C(CCc1ccc(F)cc1F)c1cn2c(c(O)c1=O)C(=O)N(Cc1ccc(F)cc1)CN2. The third-order valence-electron chi connectivity index (χ3n) is 5.33. The van der Waals surface area contributed by atoms with Crippen LogP contribution in [0.5, 0.6) is 5.75 Å². The van der Waals surface area contributed by atoms with Crippen LogP contribution in [0, 0.1) is 17.5 Å². The fourth-order valence-electron chi connectivity index (χ4n) is 3.56. The molecule has 0 spiro atoms. The quantitative estimate of drug-likeness (QED) is 0.556. The zero-order chi connectivity index (χ0) is 23.7.